The van der Waals surface area contributed by atoms with Crippen LogP contribution in [0.3, 0.4) is 0 Å². The molecule has 1 aromatic heterocycles. The van der Waals surface area contributed by atoms with E-state index in [2.05, 4.69) is 17.2 Å². The van der Waals surface area contributed by atoms with Crippen molar-refractivity contribution in [2.45, 2.75) is 18.9 Å². The first-order valence-electron chi connectivity index (χ1n) is 6.63. The van der Waals surface area contributed by atoms with Crippen molar-refractivity contribution in [3.05, 3.63) is 58.2 Å². The topological polar surface area (TPSA) is 51.2 Å². The van der Waals surface area contributed by atoms with Crippen LogP contribution < -0.4 is 5.32 Å². The van der Waals surface area contributed by atoms with Gasteiger partial charge in [-0.25, -0.2) is 9.78 Å². The second-order valence-corrected chi connectivity index (χ2v) is 5.80. The Morgan fingerprint density at radius 1 is 1.38 bits per heavy atom. The van der Waals surface area contributed by atoms with Crippen LogP contribution in [0.25, 0.3) is 0 Å². The summed E-state index contributed by atoms with van der Waals surface area (Å²) in [6.07, 6.45) is 2.28. The van der Waals surface area contributed by atoms with Gasteiger partial charge in [-0.3, -0.25) is 0 Å². The quantitative estimate of drug-likeness (QED) is 0.864. The smallest absolute Gasteiger partial charge is 0.339 e. The van der Waals surface area contributed by atoms with E-state index < -0.39 is 0 Å². The van der Waals surface area contributed by atoms with Gasteiger partial charge in [0.15, 0.2) is 0 Å². The fraction of sp³-hybridized carbons (Fsp3) is 0.250. The van der Waals surface area contributed by atoms with Gasteiger partial charge in [-0.15, -0.1) is 0 Å². The van der Waals surface area contributed by atoms with Gasteiger partial charge in [0, 0.05) is 17.6 Å². The van der Waals surface area contributed by atoms with Crippen LogP contribution >= 0.6 is 11.6 Å². The van der Waals surface area contributed by atoms with Crippen molar-refractivity contribution in [2.24, 2.45) is 0 Å². The van der Waals surface area contributed by atoms with E-state index in [1.54, 1.807) is 0 Å². The van der Waals surface area contributed by atoms with E-state index >= 15 is 0 Å². The molecule has 0 aliphatic carbocycles. The van der Waals surface area contributed by atoms with Crippen molar-refractivity contribution in [1.82, 2.24) is 4.98 Å². The number of halogens is 1. The summed E-state index contributed by atoms with van der Waals surface area (Å²) in [6, 6.07) is 9.59. The number of rotatable bonds is 2. The molecule has 0 bridgehead atoms. The molecular formula is C16H15ClN2O2. The first-order valence-corrected chi connectivity index (χ1v) is 7.01. The maximum atomic E-state index is 11.6. The molecule has 3 rings (SSSR count). The average Bonchev–Trinajstić information content (AvgIpc) is 2.83. The highest BCUT2D eigenvalue weighted by Crippen LogP contribution is 2.38. The van der Waals surface area contributed by atoms with E-state index in [9.17, 15) is 4.79 Å². The third kappa shape index (κ3) is 2.47. The molecule has 1 aliphatic rings. The monoisotopic (exact) mass is 302 g/mol. The largest absolute Gasteiger partial charge is 0.465 e. The van der Waals surface area contributed by atoms with Crippen molar-refractivity contribution in [3.8, 4) is 0 Å². The van der Waals surface area contributed by atoms with Crippen molar-refractivity contribution in [3.63, 3.8) is 0 Å². The highest BCUT2D eigenvalue weighted by atomic mass is 35.5. The number of aromatic nitrogens is 1. The number of anilines is 1. The number of esters is 1. The molecule has 1 unspecified atom stereocenters. The number of hydrogen-bond acceptors (Lipinski definition) is 4. The molecule has 0 saturated heterocycles. The number of ether oxygens (including phenoxy) is 1. The molecule has 1 aliphatic heterocycles. The number of benzene rings is 1. The summed E-state index contributed by atoms with van der Waals surface area (Å²) < 4.78 is 4.73. The Balaban J connectivity index is 1.93. The van der Waals surface area contributed by atoms with Gasteiger partial charge in [0.2, 0.25) is 0 Å². The maximum Gasteiger partial charge on any atom is 0.339 e. The summed E-state index contributed by atoms with van der Waals surface area (Å²) in [4.78, 5) is 15.9. The molecule has 1 atom stereocenters. The minimum Gasteiger partial charge on any atom is -0.465 e. The fourth-order valence-electron chi connectivity index (χ4n) is 2.67. The van der Waals surface area contributed by atoms with Crippen LogP contribution in [0, 0.1) is 0 Å². The highest BCUT2D eigenvalue weighted by molar-refractivity contribution is 6.30. The second kappa shape index (κ2) is 5.04. The minimum atomic E-state index is -0.370. The lowest BCUT2D eigenvalue weighted by molar-refractivity contribution is 0.0600. The van der Waals surface area contributed by atoms with Gasteiger partial charge < -0.3 is 10.1 Å². The Bertz CT molecular complexity index is 700. The van der Waals surface area contributed by atoms with Crippen molar-refractivity contribution < 1.29 is 9.53 Å². The van der Waals surface area contributed by atoms with E-state index in [1.807, 2.05) is 30.3 Å². The van der Waals surface area contributed by atoms with E-state index in [1.165, 1.54) is 13.3 Å². The summed E-state index contributed by atoms with van der Waals surface area (Å²) in [7, 11) is 1.37. The third-order valence-corrected chi connectivity index (χ3v) is 4.06. The predicted octanol–water partition coefficient (Wildman–Crippen LogP) is 3.41. The van der Waals surface area contributed by atoms with Gasteiger partial charge in [-0.2, -0.15) is 0 Å². The van der Waals surface area contributed by atoms with Gasteiger partial charge in [-0.1, -0.05) is 23.7 Å². The zero-order valence-corrected chi connectivity index (χ0v) is 12.6. The molecule has 0 radical (unpaired) electrons. The van der Waals surface area contributed by atoms with Crippen LogP contribution in [0.15, 0.2) is 36.5 Å². The normalized spacial score (nSPS) is 19.8. The van der Waals surface area contributed by atoms with E-state index in [0.717, 1.165) is 23.4 Å². The third-order valence-electron chi connectivity index (χ3n) is 3.81. The Labute approximate surface area is 128 Å². The van der Waals surface area contributed by atoms with Crippen molar-refractivity contribution in [1.29, 1.82) is 0 Å². The Kier molecular flexibility index (Phi) is 3.33. The highest BCUT2D eigenvalue weighted by Gasteiger charge is 2.35. The average molecular weight is 303 g/mol. The summed E-state index contributed by atoms with van der Waals surface area (Å²) >= 11 is 5.94. The molecule has 0 saturated carbocycles. The molecule has 4 nitrogen and oxygen atoms in total. The number of pyridine rings is 1. The predicted molar refractivity (Wildman–Crippen MR) is 81.7 cm³/mol. The van der Waals surface area contributed by atoms with E-state index in [4.69, 9.17) is 16.3 Å². The van der Waals surface area contributed by atoms with Crippen LogP contribution in [0.2, 0.25) is 5.02 Å². The second-order valence-electron chi connectivity index (χ2n) is 5.36. The standard InChI is InChI=1S/C16H15ClN2O2/c1-16(12-3-5-13(17)6-4-12)8-10-7-11(15(20)21-2)9-18-14(10)19-16/h3-7,9H,8H2,1-2H3,(H,18,19). The minimum absolute atomic E-state index is 0.255. The fourth-order valence-corrected chi connectivity index (χ4v) is 2.79. The van der Waals surface area contributed by atoms with Gasteiger partial charge in [0.1, 0.15) is 5.82 Å². The van der Waals surface area contributed by atoms with Gasteiger partial charge in [-0.05, 0) is 36.2 Å². The lowest BCUT2D eigenvalue weighted by Crippen LogP contribution is -2.29. The summed E-state index contributed by atoms with van der Waals surface area (Å²) in [5, 5.41) is 4.14. The van der Waals surface area contributed by atoms with Crippen molar-refractivity contribution in [2.75, 3.05) is 12.4 Å². The molecule has 1 N–H and O–H groups in total. The Morgan fingerprint density at radius 3 is 2.76 bits per heavy atom. The summed E-state index contributed by atoms with van der Waals surface area (Å²) in [5.74, 6) is 0.436. The summed E-state index contributed by atoms with van der Waals surface area (Å²) in [6.45, 7) is 2.11. The number of nitrogens with one attached hydrogen (secondary N) is 1. The molecule has 1 aromatic carbocycles. The SMILES string of the molecule is COC(=O)c1cnc2c(c1)CC(C)(c1ccc(Cl)cc1)N2. The maximum absolute atomic E-state index is 11.6. The van der Waals surface area contributed by atoms with Gasteiger partial charge in [0.25, 0.3) is 0 Å². The molecule has 0 spiro atoms. The number of carbonyl (C=O) groups excluding carboxylic acids is 1. The van der Waals surface area contributed by atoms with E-state index in [0.29, 0.717) is 10.6 Å². The first-order chi connectivity index (χ1) is 10.0. The van der Waals surface area contributed by atoms with Gasteiger partial charge in [0.05, 0.1) is 18.2 Å². The molecule has 2 aromatic rings. The van der Waals surface area contributed by atoms with Crippen LogP contribution in [-0.4, -0.2) is 18.1 Å². The number of carbonyl (C=O) groups is 1. The van der Waals surface area contributed by atoms with E-state index in [-0.39, 0.29) is 11.5 Å². The molecule has 0 amide bonds. The molecule has 5 heteroatoms. The lowest BCUT2D eigenvalue weighted by atomic mass is 9.89. The van der Waals surface area contributed by atoms with Crippen LogP contribution in [0.5, 0.6) is 0 Å². The summed E-state index contributed by atoms with van der Waals surface area (Å²) in [5.41, 5.74) is 2.35. The number of fused-ring (bicyclic) bond motifs is 1. The van der Waals surface area contributed by atoms with Crippen LogP contribution in [-0.2, 0) is 16.7 Å². The lowest BCUT2D eigenvalue weighted by Gasteiger charge is -2.25. The molecule has 21 heavy (non-hydrogen) atoms. The van der Waals surface area contributed by atoms with Gasteiger partial charge >= 0.3 is 5.97 Å². The molecule has 108 valence electrons. The number of methoxy groups -OCH3 is 1. The zero-order chi connectivity index (χ0) is 15.0. The number of hydrogen-bond donors (Lipinski definition) is 1. The number of nitrogens with zero attached hydrogens (tertiary/aromatic N) is 1. The Morgan fingerprint density at radius 2 is 2.10 bits per heavy atom. The molecule has 2 heterocycles. The molecule has 0 fully saturated rings. The zero-order valence-electron chi connectivity index (χ0n) is 11.8. The Hall–Kier alpha value is -2.07. The van der Waals surface area contributed by atoms with Crippen molar-refractivity contribution >= 4 is 23.4 Å². The molecular weight excluding hydrogens is 288 g/mol. The van der Waals surface area contributed by atoms with Crippen LogP contribution in [0.4, 0.5) is 5.82 Å². The van der Waals surface area contributed by atoms with Crippen LogP contribution in [0.1, 0.15) is 28.4 Å². The first kappa shape index (κ1) is 13.9.